The molecule has 220 valence electrons. The number of alkyl halides is 3. The number of aryl methyl sites for hydroxylation is 1. The van der Waals surface area contributed by atoms with E-state index in [0.717, 1.165) is 35.2 Å². The molecule has 0 aliphatic carbocycles. The van der Waals surface area contributed by atoms with Crippen molar-refractivity contribution in [3.8, 4) is 0 Å². The van der Waals surface area contributed by atoms with Gasteiger partial charge in [0.25, 0.3) is 5.89 Å². The summed E-state index contributed by atoms with van der Waals surface area (Å²) in [5.74, 6) is -0.808. The topological polar surface area (TPSA) is 117 Å². The molecule has 42 heavy (non-hydrogen) atoms. The molecule has 0 aliphatic rings. The lowest BCUT2D eigenvalue weighted by atomic mass is 10.0. The maximum atomic E-state index is 13.4. The molecule has 4 rings (SSSR count). The minimum atomic E-state index is -4.44. The maximum Gasteiger partial charge on any atom is 0.416 e. The Morgan fingerprint density at radius 3 is 2.14 bits per heavy atom. The van der Waals surface area contributed by atoms with Gasteiger partial charge in [-0.15, -0.1) is 0 Å². The van der Waals surface area contributed by atoms with Gasteiger partial charge in [0.15, 0.2) is 5.82 Å². The fraction of sp³-hybridized carbons (Fsp3) is 0.290. The molecule has 2 unspecified atom stereocenters. The van der Waals surface area contributed by atoms with Gasteiger partial charge in [-0.25, -0.2) is 0 Å². The van der Waals surface area contributed by atoms with Crippen LogP contribution in [0.25, 0.3) is 0 Å². The number of amides is 2. The summed E-state index contributed by atoms with van der Waals surface area (Å²) >= 11 is 0. The Morgan fingerprint density at radius 1 is 0.881 bits per heavy atom. The third-order valence-corrected chi connectivity index (χ3v) is 6.65. The average Bonchev–Trinajstić information content (AvgIpc) is 3.44. The summed E-state index contributed by atoms with van der Waals surface area (Å²) in [6, 6.07) is 19.4. The number of aromatic nitrogens is 2. The fourth-order valence-corrected chi connectivity index (χ4v) is 4.32. The van der Waals surface area contributed by atoms with Gasteiger partial charge in [0, 0.05) is 12.8 Å². The summed E-state index contributed by atoms with van der Waals surface area (Å²) in [7, 11) is 0. The number of nitrogens with zero attached hydrogens (tertiary/aromatic N) is 2. The zero-order valence-corrected chi connectivity index (χ0v) is 22.9. The average molecular weight is 581 g/mol. The van der Waals surface area contributed by atoms with Gasteiger partial charge in [0.1, 0.15) is 12.1 Å². The minimum Gasteiger partial charge on any atom is -0.394 e. The van der Waals surface area contributed by atoms with Crippen LogP contribution in [0.3, 0.4) is 0 Å². The van der Waals surface area contributed by atoms with Crippen molar-refractivity contribution in [3.05, 3.63) is 118 Å². The predicted octanol–water partition coefficient (Wildman–Crippen LogP) is 4.36. The second-order valence-electron chi connectivity index (χ2n) is 9.82. The van der Waals surface area contributed by atoms with E-state index in [2.05, 4.69) is 20.8 Å². The van der Waals surface area contributed by atoms with Crippen molar-refractivity contribution in [1.29, 1.82) is 0 Å². The van der Waals surface area contributed by atoms with Crippen molar-refractivity contribution in [2.45, 2.75) is 50.9 Å². The molecule has 0 spiro atoms. The largest absolute Gasteiger partial charge is 0.416 e. The molecule has 1 aromatic heterocycles. The summed E-state index contributed by atoms with van der Waals surface area (Å²) in [6.07, 6.45) is -3.21. The van der Waals surface area contributed by atoms with Crippen LogP contribution in [0.15, 0.2) is 83.4 Å². The normalized spacial score (nSPS) is 12.9. The zero-order valence-electron chi connectivity index (χ0n) is 22.9. The van der Waals surface area contributed by atoms with E-state index in [1.54, 1.807) is 0 Å². The van der Waals surface area contributed by atoms with E-state index in [0.29, 0.717) is 5.56 Å². The molecule has 3 aromatic carbocycles. The lowest BCUT2D eigenvalue weighted by Crippen LogP contribution is -2.49. The third-order valence-electron chi connectivity index (χ3n) is 6.65. The van der Waals surface area contributed by atoms with Gasteiger partial charge in [-0.3, -0.25) is 9.59 Å². The van der Waals surface area contributed by atoms with Gasteiger partial charge in [-0.05, 0) is 40.8 Å². The molecular weight excluding hydrogens is 549 g/mol. The second kappa shape index (κ2) is 13.9. The Hall–Kier alpha value is -4.51. The smallest absolute Gasteiger partial charge is 0.394 e. The Labute approximate surface area is 241 Å². The highest BCUT2D eigenvalue weighted by Gasteiger charge is 2.30. The Morgan fingerprint density at radius 2 is 1.52 bits per heavy atom. The molecule has 3 N–H and O–H groups in total. The Kier molecular flexibility index (Phi) is 10.1. The molecule has 0 aliphatic heterocycles. The summed E-state index contributed by atoms with van der Waals surface area (Å²) in [4.78, 5) is 30.5. The summed E-state index contributed by atoms with van der Waals surface area (Å²) in [6.45, 7) is 1.47. The number of hydrogen-bond donors (Lipinski definition) is 3. The van der Waals surface area contributed by atoms with Crippen LogP contribution in [0.5, 0.6) is 0 Å². The van der Waals surface area contributed by atoms with Gasteiger partial charge in [-0.1, -0.05) is 78.8 Å². The number of nitrogens with one attached hydrogen (secondary N) is 2. The van der Waals surface area contributed by atoms with Crippen LogP contribution in [0.1, 0.15) is 52.5 Å². The lowest BCUT2D eigenvalue weighted by Gasteiger charge is -2.21. The number of benzene rings is 3. The van der Waals surface area contributed by atoms with E-state index in [-0.39, 0.29) is 36.9 Å². The maximum absolute atomic E-state index is 13.4. The molecular formula is C31H31F3N4O4. The SMILES string of the molecule is CCc1ccc(CC(NC(=O)Cc2ccccc2)C(=O)NC(CO)c2nc(Cc3ccc(C(F)(F)F)cc3)no2)cc1. The van der Waals surface area contributed by atoms with Gasteiger partial charge in [0.2, 0.25) is 11.8 Å². The first kappa shape index (κ1) is 30.4. The quantitative estimate of drug-likeness (QED) is 0.229. The first-order valence-electron chi connectivity index (χ1n) is 13.5. The van der Waals surface area contributed by atoms with Crippen LogP contribution in [0, 0.1) is 0 Å². The van der Waals surface area contributed by atoms with E-state index in [4.69, 9.17) is 4.52 Å². The van der Waals surface area contributed by atoms with E-state index in [1.807, 2.05) is 61.5 Å². The second-order valence-corrected chi connectivity index (χ2v) is 9.82. The number of carbonyl (C=O) groups is 2. The standard InChI is InChI=1S/C31H31F3N4O4/c1-2-20-8-10-22(11-9-20)16-25(35-28(40)18-21-6-4-3-5-7-21)29(41)36-26(19-39)30-37-27(38-42-30)17-23-12-14-24(15-13-23)31(32,33)34/h3-15,25-26,39H,2,16-19H2,1H3,(H,35,40)(H,36,41). The van der Waals surface area contributed by atoms with E-state index in [1.165, 1.54) is 12.1 Å². The molecule has 0 radical (unpaired) electrons. The number of rotatable bonds is 12. The van der Waals surface area contributed by atoms with Gasteiger partial charge in [-0.2, -0.15) is 18.2 Å². The molecule has 0 saturated carbocycles. The molecule has 8 nitrogen and oxygen atoms in total. The first-order chi connectivity index (χ1) is 20.1. The van der Waals surface area contributed by atoms with Crippen LogP contribution >= 0.6 is 0 Å². The molecule has 2 atom stereocenters. The van der Waals surface area contributed by atoms with Crippen LogP contribution in [-0.2, 0) is 41.4 Å². The number of aliphatic hydroxyl groups excluding tert-OH is 1. The van der Waals surface area contributed by atoms with Gasteiger partial charge >= 0.3 is 6.18 Å². The summed E-state index contributed by atoms with van der Waals surface area (Å²) in [5.41, 5.74) is 2.52. The number of halogens is 3. The molecule has 0 bridgehead atoms. The number of hydrogen-bond acceptors (Lipinski definition) is 6. The minimum absolute atomic E-state index is 0.0746. The summed E-state index contributed by atoms with van der Waals surface area (Å²) in [5, 5.41) is 19.3. The van der Waals surface area contributed by atoms with Crippen molar-refractivity contribution in [3.63, 3.8) is 0 Å². The predicted molar refractivity (Wildman–Crippen MR) is 148 cm³/mol. The van der Waals surface area contributed by atoms with Crippen molar-refractivity contribution in [2.75, 3.05) is 6.61 Å². The number of aliphatic hydroxyl groups is 1. The molecule has 0 saturated heterocycles. The highest BCUT2D eigenvalue weighted by Crippen LogP contribution is 2.29. The van der Waals surface area contributed by atoms with Crippen LogP contribution in [0.4, 0.5) is 13.2 Å². The summed E-state index contributed by atoms with van der Waals surface area (Å²) < 4.78 is 43.8. The van der Waals surface area contributed by atoms with E-state index >= 15 is 0 Å². The van der Waals surface area contributed by atoms with Crippen LogP contribution < -0.4 is 10.6 Å². The lowest BCUT2D eigenvalue weighted by molar-refractivity contribution is -0.137. The Bertz CT molecular complexity index is 1460. The third kappa shape index (κ3) is 8.50. The molecule has 1 heterocycles. The first-order valence-corrected chi connectivity index (χ1v) is 13.5. The molecule has 2 amide bonds. The zero-order chi connectivity index (χ0) is 30.1. The van der Waals surface area contributed by atoms with Crippen molar-refractivity contribution in [2.24, 2.45) is 0 Å². The highest BCUT2D eigenvalue weighted by molar-refractivity contribution is 5.88. The van der Waals surface area contributed by atoms with Gasteiger partial charge < -0.3 is 20.3 Å². The molecule has 11 heteroatoms. The highest BCUT2D eigenvalue weighted by atomic mass is 19.4. The van der Waals surface area contributed by atoms with Crippen LogP contribution in [0.2, 0.25) is 0 Å². The monoisotopic (exact) mass is 580 g/mol. The van der Waals surface area contributed by atoms with Crippen molar-refractivity contribution < 1.29 is 32.4 Å². The molecule has 4 aromatic rings. The molecule has 0 fully saturated rings. The fourth-order valence-electron chi connectivity index (χ4n) is 4.32. The van der Waals surface area contributed by atoms with Crippen molar-refractivity contribution in [1.82, 2.24) is 20.8 Å². The number of carbonyl (C=O) groups excluding carboxylic acids is 2. The van der Waals surface area contributed by atoms with E-state index in [9.17, 15) is 27.9 Å². The van der Waals surface area contributed by atoms with Gasteiger partial charge in [0.05, 0.1) is 18.6 Å². The van der Waals surface area contributed by atoms with E-state index < -0.39 is 36.3 Å². The van der Waals surface area contributed by atoms with Crippen LogP contribution in [-0.4, -0.2) is 39.7 Å². The van der Waals surface area contributed by atoms with Crippen molar-refractivity contribution >= 4 is 11.8 Å². The Balaban J connectivity index is 1.45.